The normalized spacial score (nSPS) is 24.8. The third kappa shape index (κ3) is 7.81. The zero-order valence-electron chi connectivity index (χ0n) is 22.7. The Hall–Kier alpha value is -1.60. The number of rotatable bonds is 10. The lowest BCUT2D eigenvalue weighted by Gasteiger charge is -2.31. The second kappa shape index (κ2) is 13.6. The molecule has 1 aliphatic carbocycles. The first-order valence-electron chi connectivity index (χ1n) is 13.9. The Labute approximate surface area is 237 Å². The molecule has 0 spiro atoms. The standard InChI is InChI=1S/C26H40F2N5O5PS/c1-17(34)29-21-15-19(7-10-20(21)26(27,28)39(36,37)38)9-12-24(35)30-22-16-40-14-13-33-23(31-32-25(22)33)11-8-18-5-3-2-4-6-18/h7,10,15,18,22-23,25,31-32H,2-6,8-9,11-14,16H2,1H3,(H,29,34)(H,30,35)(H2,36,37,38). The molecule has 40 heavy (non-hydrogen) atoms. The predicted molar refractivity (Wildman–Crippen MR) is 151 cm³/mol. The van der Waals surface area contributed by atoms with Crippen LogP contribution in [-0.4, -0.2) is 62.9 Å². The molecule has 2 saturated heterocycles. The van der Waals surface area contributed by atoms with Crippen LogP contribution in [0.25, 0.3) is 0 Å². The maximum absolute atomic E-state index is 14.4. The maximum Gasteiger partial charge on any atom is 0.399 e. The van der Waals surface area contributed by atoms with Gasteiger partial charge in [0.25, 0.3) is 0 Å². The number of amides is 2. The first kappa shape index (κ1) is 31.3. The third-order valence-corrected chi connectivity index (χ3v) is 10.0. The Morgan fingerprint density at radius 1 is 1.18 bits per heavy atom. The molecule has 3 aliphatic rings. The second-order valence-corrected chi connectivity index (χ2v) is 13.8. The van der Waals surface area contributed by atoms with Crippen molar-refractivity contribution in [2.24, 2.45) is 5.92 Å². The molecule has 2 aliphatic heterocycles. The van der Waals surface area contributed by atoms with E-state index in [1.807, 2.05) is 0 Å². The molecule has 3 fully saturated rings. The van der Waals surface area contributed by atoms with Crippen molar-refractivity contribution in [1.29, 1.82) is 0 Å². The molecule has 3 unspecified atom stereocenters. The van der Waals surface area contributed by atoms with Gasteiger partial charge in [0, 0.05) is 31.4 Å². The summed E-state index contributed by atoms with van der Waals surface area (Å²) in [7, 11) is -5.82. The summed E-state index contributed by atoms with van der Waals surface area (Å²) in [6.45, 7) is 2.04. The van der Waals surface area contributed by atoms with Crippen LogP contribution in [0.3, 0.4) is 0 Å². The van der Waals surface area contributed by atoms with Crippen molar-refractivity contribution in [3.8, 4) is 0 Å². The Balaban J connectivity index is 1.35. The number of hydrazine groups is 1. The maximum atomic E-state index is 14.4. The largest absolute Gasteiger partial charge is 0.399 e. The van der Waals surface area contributed by atoms with E-state index in [-0.39, 0.29) is 37.1 Å². The lowest BCUT2D eigenvalue weighted by Crippen LogP contribution is -2.55. The Bertz CT molecular complexity index is 1100. The fourth-order valence-electron chi connectivity index (χ4n) is 5.86. The lowest BCUT2D eigenvalue weighted by molar-refractivity contribution is -0.122. The molecule has 0 bridgehead atoms. The van der Waals surface area contributed by atoms with Crippen molar-refractivity contribution >= 4 is 36.9 Å². The van der Waals surface area contributed by atoms with Gasteiger partial charge in [0.05, 0.1) is 29.6 Å². The fourth-order valence-corrected chi connectivity index (χ4v) is 7.40. The molecule has 2 amide bonds. The van der Waals surface area contributed by atoms with Crippen LogP contribution in [0.4, 0.5) is 14.5 Å². The van der Waals surface area contributed by atoms with Gasteiger partial charge in [-0.2, -0.15) is 20.5 Å². The molecule has 1 aromatic rings. The molecule has 0 aromatic heterocycles. The first-order valence-corrected chi connectivity index (χ1v) is 16.7. The van der Waals surface area contributed by atoms with Crippen LogP contribution in [0.5, 0.6) is 0 Å². The fraction of sp³-hybridized carbons (Fsp3) is 0.692. The monoisotopic (exact) mass is 603 g/mol. The summed E-state index contributed by atoms with van der Waals surface area (Å²) in [5, 5.41) is 5.36. The molecule has 0 radical (unpaired) electrons. The summed E-state index contributed by atoms with van der Waals surface area (Å²) in [6, 6.07) is 3.29. The zero-order chi connectivity index (χ0) is 28.9. The van der Waals surface area contributed by atoms with Crippen molar-refractivity contribution in [1.82, 2.24) is 21.1 Å². The topological polar surface area (TPSA) is 143 Å². The molecule has 3 atom stereocenters. The van der Waals surface area contributed by atoms with Gasteiger partial charge in [-0.15, -0.1) is 0 Å². The van der Waals surface area contributed by atoms with E-state index >= 15 is 0 Å². The van der Waals surface area contributed by atoms with Crippen LogP contribution >= 0.6 is 19.4 Å². The lowest BCUT2D eigenvalue weighted by atomic mass is 9.86. The van der Waals surface area contributed by atoms with Crippen LogP contribution in [0.2, 0.25) is 0 Å². The Morgan fingerprint density at radius 2 is 1.93 bits per heavy atom. The SMILES string of the molecule is CC(=O)Nc1cc(CCC(=O)NC2CSCCN3C(CCC4CCCCC4)NNC23)ccc1C(F)(F)P(=O)(O)O. The number of benzene rings is 1. The number of nitrogens with zero attached hydrogens (tertiary/aromatic N) is 1. The van der Waals surface area contributed by atoms with E-state index in [2.05, 4.69) is 26.4 Å². The van der Waals surface area contributed by atoms with Crippen molar-refractivity contribution in [3.05, 3.63) is 29.3 Å². The highest BCUT2D eigenvalue weighted by molar-refractivity contribution is 7.99. The van der Waals surface area contributed by atoms with Gasteiger partial charge in [-0.3, -0.25) is 19.1 Å². The van der Waals surface area contributed by atoms with E-state index in [4.69, 9.17) is 9.79 Å². The molecule has 224 valence electrons. The number of fused-ring (bicyclic) bond motifs is 1. The smallest absolute Gasteiger partial charge is 0.350 e. The zero-order valence-corrected chi connectivity index (χ0v) is 24.4. The average molecular weight is 604 g/mol. The van der Waals surface area contributed by atoms with Gasteiger partial charge in [-0.05, 0) is 42.9 Å². The first-order chi connectivity index (χ1) is 19.0. The average Bonchev–Trinajstić information content (AvgIpc) is 3.19. The van der Waals surface area contributed by atoms with Crippen LogP contribution in [0, 0.1) is 5.92 Å². The molecule has 4 rings (SSSR count). The summed E-state index contributed by atoms with van der Waals surface area (Å²) < 4.78 is 40.2. The molecule has 14 heteroatoms. The molecule has 6 N–H and O–H groups in total. The van der Waals surface area contributed by atoms with Gasteiger partial charge in [0.2, 0.25) is 11.8 Å². The molecular formula is C26H40F2N5O5PS. The predicted octanol–water partition coefficient (Wildman–Crippen LogP) is 3.46. The summed E-state index contributed by atoms with van der Waals surface area (Å²) in [6.07, 6.45) is 9.38. The number of anilines is 1. The summed E-state index contributed by atoms with van der Waals surface area (Å²) in [4.78, 5) is 45.2. The number of nitrogens with one attached hydrogen (secondary N) is 4. The Kier molecular flexibility index (Phi) is 10.6. The van der Waals surface area contributed by atoms with Gasteiger partial charge in [0.15, 0.2) is 0 Å². The van der Waals surface area contributed by atoms with Crippen LogP contribution in [-0.2, 0) is 26.2 Å². The summed E-state index contributed by atoms with van der Waals surface area (Å²) in [5.41, 5.74) is 1.47. The van der Waals surface area contributed by atoms with Crippen molar-refractivity contribution in [2.75, 3.05) is 23.4 Å². The minimum absolute atomic E-state index is 0.0316. The quantitative estimate of drug-likeness (QED) is 0.222. The number of carbonyl (C=O) groups is 2. The minimum Gasteiger partial charge on any atom is -0.350 e. The molecule has 2 heterocycles. The van der Waals surface area contributed by atoms with Gasteiger partial charge in [-0.1, -0.05) is 38.2 Å². The highest BCUT2D eigenvalue weighted by atomic mass is 32.2. The summed E-state index contributed by atoms with van der Waals surface area (Å²) >= 11 is 1.80. The highest BCUT2D eigenvalue weighted by Gasteiger charge is 2.51. The summed E-state index contributed by atoms with van der Waals surface area (Å²) in [5.74, 6) is 1.68. The van der Waals surface area contributed by atoms with Crippen molar-refractivity contribution in [3.63, 3.8) is 0 Å². The van der Waals surface area contributed by atoms with Gasteiger partial charge >= 0.3 is 13.3 Å². The molecule has 10 nitrogen and oxygen atoms in total. The molecular weight excluding hydrogens is 563 g/mol. The number of hydrogen-bond donors (Lipinski definition) is 6. The van der Waals surface area contributed by atoms with E-state index < -0.39 is 30.4 Å². The van der Waals surface area contributed by atoms with Gasteiger partial charge in [-0.25, -0.2) is 10.9 Å². The second-order valence-electron chi connectivity index (χ2n) is 11.0. The van der Waals surface area contributed by atoms with Crippen LogP contribution < -0.4 is 21.5 Å². The molecule has 1 saturated carbocycles. The third-order valence-electron chi connectivity index (χ3n) is 7.97. The highest BCUT2D eigenvalue weighted by Crippen LogP contribution is 2.60. The Morgan fingerprint density at radius 3 is 2.62 bits per heavy atom. The number of hydrogen-bond acceptors (Lipinski definition) is 7. The van der Waals surface area contributed by atoms with E-state index in [1.165, 1.54) is 50.7 Å². The van der Waals surface area contributed by atoms with Crippen molar-refractivity contribution in [2.45, 2.75) is 88.7 Å². The number of carbonyl (C=O) groups excluding carboxylic acids is 2. The van der Waals surface area contributed by atoms with Gasteiger partial charge in [0.1, 0.15) is 0 Å². The molecule has 1 aromatic carbocycles. The van der Waals surface area contributed by atoms with E-state index in [0.29, 0.717) is 5.56 Å². The van der Waals surface area contributed by atoms with Gasteiger partial charge < -0.3 is 20.4 Å². The minimum atomic E-state index is -5.82. The van der Waals surface area contributed by atoms with Crippen LogP contribution in [0.1, 0.15) is 69.4 Å². The van der Waals surface area contributed by atoms with E-state index in [1.54, 1.807) is 11.8 Å². The van der Waals surface area contributed by atoms with E-state index in [9.17, 15) is 22.9 Å². The number of aryl methyl sites for hydroxylation is 1. The van der Waals surface area contributed by atoms with Crippen molar-refractivity contribution < 1.29 is 32.7 Å². The number of halogens is 2. The number of alkyl halides is 2. The number of thioether (sulfide) groups is 1. The van der Waals surface area contributed by atoms with Crippen LogP contribution in [0.15, 0.2) is 18.2 Å². The van der Waals surface area contributed by atoms with E-state index in [0.717, 1.165) is 43.4 Å².